The van der Waals surface area contributed by atoms with Crippen molar-refractivity contribution in [1.29, 1.82) is 0 Å². The maximum absolute atomic E-state index is 10.0. The molecule has 0 aliphatic rings. The molecule has 0 radical (unpaired) electrons. The average Bonchev–Trinajstić information content (AvgIpc) is 2.25. The van der Waals surface area contributed by atoms with E-state index in [2.05, 4.69) is 19.1 Å². The van der Waals surface area contributed by atoms with Crippen molar-refractivity contribution in [1.82, 2.24) is 0 Å². The van der Waals surface area contributed by atoms with Crippen molar-refractivity contribution in [3.8, 4) is 0 Å². The third kappa shape index (κ3) is 5.19. The van der Waals surface area contributed by atoms with Crippen LogP contribution in [0, 0.1) is 26.7 Å². The minimum absolute atomic E-state index is 0.0208. The normalized spacial score (nSPS) is 11.7. The predicted octanol–water partition coefficient (Wildman–Crippen LogP) is 2.25. The molecule has 0 heterocycles. The second-order valence-corrected chi connectivity index (χ2v) is 4.92. The molecule has 4 nitrogen and oxygen atoms in total. The zero-order valence-corrected chi connectivity index (χ0v) is 11.8. The number of rotatable bonds is 2. The van der Waals surface area contributed by atoms with Crippen LogP contribution < -0.4 is 11.5 Å². The van der Waals surface area contributed by atoms with Crippen LogP contribution in [-0.4, -0.2) is 17.1 Å². The van der Waals surface area contributed by atoms with Crippen LogP contribution in [0.2, 0.25) is 0 Å². The minimum atomic E-state index is -0.931. The molecule has 1 unspecified atom stereocenters. The first-order valence-corrected chi connectivity index (χ1v) is 5.98. The summed E-state index contributed by atoms with van der Waals surface area (Å²) in [5.74, 6) is -0.910. The van der Waals surface area contributed by atoms with Gasteiger partial charge in [0.05, 0.1) is 0 Å². The fraction of sp³-hybridized carbons (Fsp3) is 0.500. The van der Waals surface area contributed by atoms with Gasteiger partial charge in [-0.05, 0) is 37.8 Å². The number of hydrogen-bond donors (Lipinski definition) is 3. The molecule has 0 aliphatic carbocycles. The largest absolute Gasteiger partial charge is 0.480 e. The highest BCUT2D eigenvalue weighted by Gasteiger charge is 2.14. The van der Waals surface area contributed by atoms with Gasteiger partial charge in [-0.15, -0.1) is 0 Å². The number of hydrogen-bond acceptors (Lipinski definition) is 3. The van der Waals surface area contributed by atoms with E-state index in [9.17, 15) is 4.79 Å². The van der Waals surface area contributed by atoms with Crippen molar-refractivity contribution < 1.29 is 9.90 Å². The van der Waals surface area contributed by atoms with Crippen LogP contribution in [-0.2, 0) is 4.79 Å². The van der Waals surface area contributed by atoms with E-state index >= 15 is 0 Å². The van der Waals surface area contributed by atoms with Gasteiger partial charge in [-0.2, -0.15) is 0 Å². The molecule has 1 atom stereocenters. The van der Waals surface area contributed by atoms with Crippen molar-refractivity contribution in [2.45, 2.75) is 40.7 Å². The Balaban J connectivity index is 0.000000331. The van der Waals surface area contributed by atoms with Gasteiger partial charge in [0.2, 0.25) is 0 Å². The number of aliphatic carboxylic acids is 1. The summed E-state index contributed by atoms with van der Waals surface area (Å²) < 4.78 is 0. The summed E-state index contributed by atoms with van der Waals surface area (Å²) >= 11 is 0. The van der Waals surface area contributed by atoms with Crippen LogP contribution >= 0.6 is 0 Å². The Bertz CT molecular complexity index is 391. The van der Waals surface area contributed by atoms with Crippen molar-refractivity contribution in [2.75, 3.05) is 5.73 Å². The van der Waals surface area contributed by atoms with E-state index in [0.29, 0.717) is 0 Å². The Hall–Kier alpha value is -1.55. The molecular formula is C14H24N2O2. The second-order valence-electron chi connectivity index (χ2n) is 4.92. The number of carboxylic acid groups (broad SMARTS) is 1. The van der Waals surface area contributed by atoms with Crippen molar-refractivity contribution in [3.05, 3.63) is 28.8 Å². The molecule has 1 rings (SSSR count). The number of anilines is 1. The van der Waals surface area contributed by atoms with E-state index in [1.54, 1.807) is 13.8 Å². The fourth-order valence-electron chi connectivity index (χ4n) is 1.48. The van der Waals surface area contributed by atoms with Gasteiger partial charge in [0.15, 0.2) is 0 Å². The van der Waals surface area contributed by atoms with E-state index in [4.69, 9.17) is 16.6 Å². The van der Waals surface area contributed by atoms with Crippen LogP contribution in [0.15, 0.2) is 12.1 Å². The van der Waals surface area contributed by atoms with Gasteiger partial charge in [0.25, 0.3) is 0 Å². The topological polar surface area (TPSA) is 89.3 Å². The zero-order chi connectivity index (χ0) is 14.5. The van der Waals surface area contributed by atoms with Gasteiger partial charge >= 0.3 is 5.97 Å². The molecule has 0 aromatic heterocycles. The monoisotopic (exact) mass is 252 g/mol. The highest BCUT2D eigenvalue weighted by Crippen LogP contribution is 2.17. The lowest BCUT2D eigenvalue weighted by Gasteiger charge is -2.07. The lowest BCUT2D eigenvalue weighted by atomic mass is 10.1. The maximum Gasteiger partial charge on any atom is 0.320 e. The fourth-order valence-corrected chi connectivity index (χ4v) is 1.48. The lowest BCUT2D eigenvalue weighted by molar-refractivity contribution is -0.139. The molecule has 0 saturated heterocycles. The number of carboxylic acids is 1. The standard InChI is InChI=1S/C9H13N.C5H11NO2/c1-6-4-7(2)9(10)8(3)5-6;1-3(2)4(6)5(7)8/h4-5H,10H2,1-3H3;3-4H,6H2,1-2H3,(H,7,8). The molecule has 0 spiro atoms. The van der Waals surface area contributed by atoms with Crippen molar-refractivity contribution in [3.63, 3.8) is 0 Å². The van der Waals surface area contributed by atoms with E-state index in [1.807, 2.05) is 13.8 Å². The molecule has 102 valence electrons. The Morgan fingerprint density at radius 2 is 1.56 bits per heavy atom. The minimum Gasteiger partial charge on any atom is -0.480 e. The summed E-state index contributed by atoms with van der Waals surface area (Å²) in [5, 5.41) is 8.23. The first-order chi connectivity index (χ1) is 8.16. The maximum atomic E-state index is 10.0. The molecule has 0 amide bonds. The van der Waals surface area contributed by atoms with Crippen LogP contribution in [0.25, 0.3) is 0 Å². The molecule has 18 heavy (non-hydrogen) atoms. The summed E-state index contributed by atoms with van der Waals surface area (Å²) in [4.78, 5) is 10.0. The SMILES string of the molecule is CC(C)C(N)C(=O)O.Cc1cc(C)c(N)c(C)c1. The van der Waals surface area contributed by atoms with Gasteiger partial charge in [0, 0.05) is 5.69 Å². The van der Waals surface area contributed by atoms with Gasteiger partial charge in [-0.3, -0.25) is 4.79 Å². The molecule has 1 aromatic carbocycles. The van der Waals surface area contributed by atoms with E-state index in [0.717, 1.165) is 5.69 Å². The number of aryl methyl sites for hydroxylation is 3. The van der Waals surface area contributed by atoms with Crippen molar-refractivity contribution >= 4 is 11.7 Å². The molecule has 4 heteroatoms. The number of nitrogen functional groups attached to an aromatic ring is 1. The second kappa shape index (κ2) is 7.01. The highest BCUT2D eigenvalue weighted by atomic mass is 16.4. The Labute approximate surface area is 109 Å². The molecule has 0 bridgehead atoms. The molecule has 1 aromatic rings. The van der Waals surface area contributed by atoms with Gasteiger partial charge in [-0.25, -0.2) is 0 Å². The number of carbonyl (C=O) groups is 1. The van der Waals surface area contributed by atoms with Crippen LogP contribution in [0.4, 0.5) is 5.69 Å². The van der Waals surface area contributed by atoms with Gasteiger partial charge in [-0.1, -0.05) is 31.5 Å². The zero-order valence-electron chi connectivity index (χ0n) is 11.8. The number of nitrogens with two attached hydrogens (primary N) is 2. The van der Waals surface area contributed by atoms with Gasteiger partial charge in [0.1, 0.15) is 6.04 Å². The third-order valence-corrected chi connectivity index (χ3v) is 2.74. The Morgan fingerprint density at radius 3 is 1.78 bits per heavy atom. The first kappa shape index (κ1) is 16.4. The molecular weight excluding hydrogens is 228 g/mol. The smallest absolute Gasteiger partial charge is 0.320 e. The Morgan fingerprint density at radius 1 is 1.17 bits per heavy atom. The highest BCUT2D eigenvalue weighted by molar-refractivity contribution is 5.73. The Kier molecular flexibility index (Phi) is 6.41. The van der Waals surface area contributed by atoms with E-state index in [1.165, 1.54) is 16.7 Å². The molecule has 0 aliphatic heterocycles. The van der Waals surface area contributed by atoms with Crippen LogP contribution in [0.1, 0.15) is 30.5 Å². The van der Waals surface area contributed by atoms with E-state index in [-0.39, 0.29) is 5.92 Å². The summed E-state index contributed by atoms with van der Waals surface area (Å²) in [6.45, 7) is 9.71. The predicted molar refractivity (Wildman–Crippen MR) is 75.5 cm³/mol. The van der Waals surface area contributed by atoms with Crippen LogP contribution in [0.3, 0.4) is 0 Å². The first-order valence-electron chi connectivity index (χ1n) is 5.98. The number of benzene rings is 1. The third-order valence-electron chi connectivity index (χ3n) is 2.74. The lowest BCUT2D eigenvalue weighted by Crippen LogP contribution is -2.34. The van der Waals surface area contributed by atoms with E-state index < -0.39 is 12.0 Å². The summed E-state index contributed by atoms with van der Waals surface area (Å²) in [6.07, 6.45) is 0. The summed E-state index contributed by atoms with van der Waals surface area (Å²) in [6, 6.07) is 3.49. The molecule has 0 fully saturated rings. The molecule has 5 N–H and O–H groups in total. The summed E-state index contributed by atoms with van der Waals surface area (Å²) in [5.41, 5.74) is 15.5. The van der Waals surface area contributed by atoms with Crippen molar-refractivity contribution in [2.24, 2.45) is 11.7 Å². The molecule has 0 saturated carbocycles. The average molecular weight is 252 g/mol. The summed E-state index contributed by atoms with van der Waals surface area (Å²) in [7, 11) is 0. The van der Waals surface area contributed by atoms with Crippen LogP contribution in [0.5, 0.6) is 0 Å². The quantitative estimate of drug-likeness (QED) is 0.704. The van der Waals surface area contributed by atoms with Gasteiger partial charge < -0.3 is 16.6 Å².